The largest absolute Gasteiger partial charge is 0.481 e. The summed E-state index contributed by atoms with van der Waals surface area (Å²) in [6.45, 7) is 8.62. The number of carboxylic acids is 1. The van der Waals surface area contributed by atoms with Crippen LogP contribution in [0.5, 0.6) is 0 Å². The molecule has 0 bridgehead atoms. The summed E-state index contributed by atoms with van der Waals surface area (Å²) in [5, 5.41) is 19.6. The molecule has 0 spiro atoms. The summed E-state index contributed by atoms with van der Waals surface area (Å²) in [4.78, 5) is 23.0. The van der Waals surface area contributed by atoms with E-state index in [4.69, 9.17) is 9.84 Å². The highest BCUT2D eigenvalue weighted by atomic mass is 16.5. The second kappa shape index (κ2) is 8.35. The minimum atomic E-state index is -0.683. The first-order valence-corrected chi connectivity index (χ1v) is 12.6. The Balaban J connectivity index is 1.57. The van der Waals surface area contributed by atoms with Crippen molar-refractivity contribution in [1.29, 1.82) is 0 Å². The van der Waals surface area contributed by atoms with Crippen LogP contribution in [0.2, 0.25) is 0 Å². The van der Waals surface area contributed by atoms with Crippen molar-refractivity contribution in [3.63, 3.8) is 0 Å². The van der Waals surface area contributed by atoms with Gasteiger partial charge in [0.25, 0.3) is 0 Å². The van der Waals surface area contributed by atoms with Crippen molar-refractivity contribution in [2.75, 3.05) is 0 Å². The van der Waals surface area contributed by atoms with Crippen molar-refractivity contribution in [2.24, 2.45) is 46.3 Å². The molecule has 0 saturated heterocycles. The van der Waals surface area contributed by atoms with Crippen LogP contribution in [0, 0.1) is 46.3 Å². The zero-order chi connectivity index (χ0) is 22.6. The van der Waals surface area contributed by atoms with Crippen molar-refractivity contribution in [3.8, 4) is 0 Å². The molecule has 4 aliphatic rings. The van der Waals surface area contributed by atoms with E-state index < -0.39 is 5.97 Å². The maximum atomic E-state index is 11.9. The fourth-order valence-corrected chi connectivity index (χ4v) is 9.17. The standard InChI is InChI=1S/C26H42O5/c1-15(5-10-24(29)30)20-8-9-21-19-7-6-17-13-18(28)14-23(31-16(2)27)26(17,4)22(19)11-12-25(20,21)3/h15,17-23,28H,5-14H2,1-4H3,(H,29,30)/t15-,17+,18+,19+,20-,21+,22+,23+,25-,26+/m1/s1. The molecule has 0 heterocycles. The van der Waals surface area contributed by atoms with Crippen LogP contribution >= 0.6 is 0 Å². The number of hydrogen-bond acceptors (Lipinski definition) is 4. The van der Waals surface area contributed by atoms with Crippen LogP contribution in [0.25, 0.3) is 0 Å². The monoisotopic (exact) mass is 434 g/mol. The molecular weight excluding hydrogens is 392 g/mol. The summed E-state index contributed by atoms with van der Waals surface area (Å²) in [6.07, 6.45) is 9.11. The number of carbonyl (C=O) groups is 2. The number of aliphatic carboxylic acids is 1. The lowest BCUT2D eigenvalue weighted by molar-refractivity contribution is -0.201. The number of fused-ring (bicyclic) bond motifs is 5. The van der Waals surface area contributed by atoms with Gasteiger partial charge in [-0.1, -0.05) is 20.8 Å². The van der Waals surface area contributed by atoms with Crippen molar-refractivity contribution in [3.05, 3.63) is 0 Å². The molecule has 10 atom stereocenters. The minimum absolute atomic E-state index is 0.0395. The Kier molecular flexibility index (Phi) is 6.22. The van der Waals surface area contributed by atoms with Gasteiger partial charge in [0.05, 0.1) is 6.10 Å². The van der Waals surface area contributed by atoms with E-state index in [-0.39, 0.29) is 30.0 Å². The number of hydrogen-bond donors (Lipinski definition) is 2. The second-order valence-electron chi connectivity index (χ2n) is 11.9. The Morgan fingerprint density at radius 1 is 1.06 bits per heavy atom. The lowest BCUT2D eigenvalue weighted by Gasteiger charge is -2.62. The molecule has 176 valence electrons. The van der Waals surface area contributed by atoms with Crippen molar-refractivity contribution < 1.29 is 24.5 Å². The average Bonchev–Trinajstić information content (AvgIpc) is 3.04. The molecule has 0 aromatic heterocycles. The maximum absolute atomic E-state index is 11.9. The van der Waals surface area contributed by atoms with E-state index in [1.54, 1.807) is 0 Å². The van der Waals surface area contributed by atoms with Gasteiger partial charge < -0.3 is 14.9 Å². The Bertz CT molecular complexity index is 706. The first kappa shape index (κ1) is 23.1. The molecule has 0 unspecified atom stereocenters. The predicted molar refractivity (Wildman–Crippen MR) is 118 cm³/mol. The highest BCUT2D eigenvalue weighted by Crippen LogP contribution is 2.68. The van der Waals surface area contributed by atoms with Crippen LogP contribution < -0.4 is 0 Å². The van der Waals surface area contributed by atoms with Crippen LogP contribution in [0.4, 0.5) is 0 Å². The summed E-state index contributed by atoms with van der Waals surface area (Å²) in [7, 11) is 0. The van der Waals surface area contributed by atoms with E-state index in [1.165, 1.54) is 39.0 Å². The van der Waals surface area contributed by atoms with Gasteiger partial charge in [0.15, 0.2) is 0 Å². The van der Waals surface area contributed by atoms with E-state index >= 15 is 0 Å². The van der Waals surface area contributed by atoms with E-state index in [0.29, 0.717) is 47.3 Å². The Morgan fingerprint density at radius 3 is 2.48 bits per heavy atom. The van der Waals surface area contributed by atoms with E-state index in [0.717, 1.165) is 19.3 Å². The molecule has 4 aliphatic carbocycles. The third-order valence-corrected chi connectivity index (χ3v) is 10.6. The second-order valence-corrected chi connectivity index (χ2v) is 11.9. The van der Waals surface area contributed by atoms with E-state index in [1.807, 2.05) is 0 Å². The summed E-state index contributed by atoms with van der Waals surface area (Å²) in [6, 6.07) is 0. The molecule has 4 rings (SSSR count). The van der Waals surface area contributed by atoms with Gasteiger partial charge in [-0.3, -0.25) is 9.59 Å². The predicted octanol–water partition coefficient (Wildman–Crippen LogP) is 5.05. The number of ether oxygens (including phenoxy) is 1. The van der Waals surface area contributed by atoms with Gasteiger partial charge in [-0.25, -0.2) is 0 Å². The van der Waals surface area contributed by atoms with Crippen LogP contribution in [-0.4, -0.2) is 34.4 Å². The SMILES string of the molecule is CC(=O)O[C@H]1C[C@@H](O)C[C@@H]2CC[C@H]3[C@@H]4CC[C@H]([C@H](C)CCC(=O)O)[C@@]4(C)CC[C@@H]3[C@]21C. The fraction of sp³-hybridized carbons (Fsp3) is 0.923. The van der Waals surface area contributed by atoms with Crippen LogP contribution in [0.3, 0.4) is 0 Å². The first-order chi connectivity index (χ1) is 14.6. The fourth-order valence-electron chi connectivity index (χ4n) is 9.17. The van der Waals surface area contributed by atoms with Gasteiger partial charge in [0, 0.05) is 25.2 Å². The van der Waals surface area contributed by atoms with E-state index in [9.17, 15) is 14.7 Å². The summed E-state index contributed by atoms with van der Waals surface area (Å²) >= 11 is 0. The smallest absolute Gasteiger partial charge is 0.303 e. The molecule has 0 radical (unpaired) electrons. The lowest BCUT2D eigenvalue weighted by Crippen LogP contribution is -2.60. The third-order valence-electron chi connectivity index (χ3n) is 10.6. The zero-order valence-corrected chi connectivity index (χ0v) is 19.8. The molecule has 0 aromatic rings. The minimum Gasteiger partial charge on any atom is -0.481 e. The number of carboxylic acid groups (broad SMARTS) is 1. The van der Waals surface area contributed by atoms with Gasteiger partial charge in [0.1, 0.15) is 6.10 Å². The van der Waals surface area contributed by atoms with Gasteiger partial charge in [-0.15, -0.1) is 0 Å². The number of carbonyl (C=O) groups excluding carboxylic acids is 1. The highest BCUT2D eigenvalue weighted by Gasteiger charge is 2.63. The summed E-state index contributed by atoms with van der Waals surface area (Å²) < 4.78 is 5.88. The van der Waals surface area contributed by atoms with Crippen LogP contribution in [0.15, 0.2) is 0 Å². The average molecular weight is 435 g/mol. The van der Waals surface area contributed by atoms with Gasteiger partial charge in [-0.2, -0.15) is 0 Å². The molecule has 0 amide bonds. The highest BCUT2D eigenvalue weighted by molar-refractivity contribution is 5.66. The van der Waals surface area contributed by atoms with Gasteiger partial charge in [-0.05, 0) is 92.3 Å². The van der Waals surface area contributed by atoms with Crippen molar-refractivity contribution >= 4 is 11.9 Å². The molecule has 2 N–H and O–H groups in total. The Hall–Kier alpha value is -1.10. The zero-order valence-electron chi connectivity index (χ0n) is 19.8. The first-order valence-electron chi connectivity index (χ1n) is 12.6. The molecule has 4 fully saturated rings. The third kappa shape index (κ3) is 3.83. The molecule has 5 nitrogen and oxygen atoms in total. The van der Waals surface area contributed by atoms with Gasteiger partial charge >= 0.3 is 11.9 Å². The summed E-state index contributed by atoms with van der Waals surface area (Å²) in [5.41, 5.74) is 0.259. The maximum Gasteiger partial charge on any atom is 0.303 e. The normalized spacial score (nSPS) is 47.6. The quantitative estimate of drug-likeness (QED) is 0.592. The molecule has 31 heavy (non-hydrogen) atoms. The molecule has 0 aromatic carbocycles. The van der Waals surface area contributed by atoms with Crippen molar-refractivity contribution in [2.45, 2.75) is 104 Å². The topological polar surface area (TPSA) is 83.8 Å². The van der Waals surface area contributed by atoms with E-state index in [2.05, 4.69) is 20.8 Å². The van der Waals surface area contributed by atoms with Crippen LogP contribution in [-0.2, 0) is 14.3 Å². The number of esters is 1. The Morgan fingerprint density at radius 2 is 1.81 bits per heavy atom. The summed E-state index contributed by atoms with van der Waals surface area (Å²) in [5.74, 6) is 2.48. The number of aliphatic hydroxyl groups excluding tert-OH is 1. The molecule has 0 aliphatic heterocycles. The molecular formula is C26H42O5. The Labute approximate surface area is 187 Å². The number of aliphatic hydroxyl groups is 1. The molecule has 5 heteroatoms. The number of rotatable bonds is 5. The van der Waals surface area contributed by atoms with Gasteiger partial charge in [0.2, 0.25) is 0 Å². The molecule has 4 saturated carbocycles. The van der Waals surface area contributed by atoms with Crippen LogP contribution in [0.1, 0.15) is 91.9 Å². The van der Waals surface area contributed by atoms with Crippen molar-refractivity contribution in [1.82, 2.24) is 0 Å². The lowest BCUT2D eigenvalue weighted by atomic mass is 9.43.